The molecule has 140 valence electrons. The number of esters is 1. The number of hydrogen-bond donors (Lipinski definition) is 0. The molecule has 0 radical (unpaired) electrons. The topological polar surface area (TPSA) is 35.5 Å². The van der Waals surface area contributed by atoms with E-state index in [9.17, 15) is 9.18 Å². The minimum absolute atomic E-state index is 0.0471. The minimum atomic E-state index is -0.555. The van der Waals surface area contributed by atoms with Gasteiger partial charge in [-0.3, -0.25) is 4.79 Å². The van der Waals surface area contributed by atoms with Crippen LogP contribution in [-0.2, 0) is 4.79 Å². The molecule has 0 amide bonds. The second kappa shape index (κ2) is 12.5. The average Bonchev–Trinajstić information content (AvgIpc) is 2.64. The molecule has 2 aromatic rings. The second-order valence-corrected chi connectivity index (χ2v) is 5.41. The molecule has 2 aromatic carbocycles. The van der Waals surface area contributed by atoms with Gasteiger partial charge in [0.2, 0.25) is 0 Å². The van der Waals surface area contributed by atoms with Gasteiger partial charge in [-0.25, -0.2) is 4.39 Å². The van der Waals surface area contributed by atoms with E-state index in [1.54, 1.807) is 32.2 Å². The first kappa shape index (κ1) is 23.1. The number of allylic oxidation sites excluding steroid dienone is 1. The Hall–Kier alpha value is -2.88. The van der Waals surface area contributed by atoms with Gasteiger partial charge in [-0.2, -0.15) is 0 Å². The molecule has 26 heavy (non-hydrogen) atoms. The molecular weight excluding hydrogens is 331 g/mol. The number of hydrogen-bond acceptors (Lipinski definition) is 3. The van der Waals surface area contributed by atoms with E-state index >= 15 is 0 Å². The van der Waals surface area contributed by atoms with Crippen LogP contribution in [0.4, 0.5) is 4.39 Å². The highest BCUT2D eigenvalue weighted by Crippen LogP contribution is 2.27. The van der Waals surface area contributed by atoms with Gasteiger partial charge in [0.15, 0.2) is 11.6 Å². The molecule has 0 fully saturated rings. The summed E-state index contributed by atoms with van der Waals surface area (Å²) in [6.07, 6.45) is 0.208. The predicted octanol–water partition coefficient (Wildman–Crippen LogP) is 6.20. The van der Waals surface area contributed by atoms with E-state index in [1.165, 1.54) is 17.7 Å². The number of carbonyl (C=O) groups excluding carboxylic acids is 1. The summed E-state index contributed by atoms with van der Waals surface area (Å²) in [7, 11) is 1.59. The summed E-state index contributed by atoms with van der Waals surface area (Å²) >= 11 is 0. The molecule has 0 aliphatic carbocycles. The lowest BCUT2D eigenvalue weighted by Gasteiger charge is -2.07. The monoisotopic (exact) mass is 358 g/mol. The summed E-state index contributed by atoms with van der Waals surface area (Å²) in [5, 5.41) is 0. The lowest BCUT2D eigenvalue weighted by Crippen LogP contribution is -2.06. The van der Waals surface area contributed by atoms with Crippen molar-refractivity contribution in [2.45, 2.75) is 27.2 Å². The molecular formula is C22H27FO3. The molecule has 0 aliphatic rings. The molecule has 0 saturated heterocycles. The highest BCUT2D eigenvalue weighted by atomic mass is 19.1. The van der Waals surface area contributed by atoms with Crippen LogP contribution in [-0.4, -0.2) is 13.1 Å². The summed E-state index contributed by atoms with van der Waals surface area (Å²) in [6, 6.07) is 11.8. The van der Waals surface area contributed by atoms with Crippen molar-refractivity contribution in [3.05, 3.63) is 73.6 Å². The fraction of sp³-hybridized carbons (Fsp3) is 0.227. The Kier molecular flexibility index (Phi) is 11.1. The first-order valence-corrected chi connectivity index (χ1v) is 8.14. The summed E-state index contributed by atoms with van der Waals surface area (Å²) in [6.45, 7) is 15.2. The van der Waals surface area contributed by atoms with E-state index in [0.29, 0.717) is 5.56 Å². The predicted molar refractivity (Wildman–Crippen MR) is 106 cm³/mol. The van der Waals surface area contributed by atoms with Crippen LogP contribution in [0.1, 0.15) is 27.2 Å². The lowest BCUT2D eigenvalue weighted by molar-refractivity contribution is -0.134. The smallest absolute Gasteiger partial charge is 0.310 e. The zero-order valence-electron chi connectivity index (χ0n) is 16.0. The molecule has 2 rings (SSSR count). The number of benzene rings is 2. The van der Waals surface area contributed by atoms with Crippen molar-refractivity contribution in [3.8, 4) is 22.6 Å². The maximum absolute atomic E-state index is 13.9. The number of rotatable bonds is 4. The highest BCUT2D eigenvalue weighted by molar-refractivity contribution is 5.72. The molecule has 0 N–H and O–H groups in total. The van der Waals surface area contributed by atoms with Gasteiger partial charge >= 0.3 is 5.97 Å². The fourth-order valence-electron chi connectivity index (χ4n) is 1.74. The second-order valence-electron chi connectivity index (χ2n) is 5.41. The van der Waals surface area contributed by atoms with Crippen molar-refractivity contribution >= 4 is 5.97 Å². The maximum Gasteiger partial charge on any atom is 0.310 e. The summed E-state index contributed by atoms with van der Waals surface area (Å²) in [4.78, 5) is 11.2. The van der Waals surface area contributed by atoms with Crippen LogP contribution in [0.2, 0.25) is 0 Å². The quantitative estimate of drug-likeness (QED) is 0.371. The van der Waals surface area contributed by atoms with Crippen LogP contribution in [0.3, 0.4) is 0 Å². The third-order valence-electron chi connectivity index (χ3n) is 2.87. The molecule has 0 bridgehead atoms. The standard InChI is InChI=1S/C16H15FO3.C4H8.C2H4/c1-3-16(18)20-15-9-6-12(10-14(15)17)11-4-7-13(19-2)8-5-11;1-4(2)3;1-2/h4-10H,3H2,1-2H3;1H2,2-3H3;1-2H2. The highest BCUT2D eigenvalue weighted by Gasteiger charge is 2.09. The normalized spacial score (nSPS) is 8.96. The van der Waals surface area contributed by atoms with Crippen molar-refractivity contribution in [2.24, 2.45) is 0 Å². The van der Waals surface area contributed by atoms with E-state index < -0.39 is 11.8 Å². The first-order valence-electron chi connectivity index (χ1n) is 8.14. The van der Waals surface area contributed by atoms with Crippen molar-refractivity contribution in [1.29, 1.82) is 0 Å². The molecule has 4 heteroatoms. The Morgan fingerprint density at radius 1 is 1.04 bits per heavy atom. The summed E-state index contributed by atoms with van der Waals surface area (Å²) < 4.78 is 23.8. The Balaban J connectivity index is 0.000000920. The zero-order chi connectivity index (χ0) is 20.1. The minimum Gasteiger partial charge on any atom is -0.497 e. The Bertz CT molecular complexity index is 702. The van der Waals surface area contributed by atoms with Crippen molar-refractivity contribution in [3.63, 3.8) is 0 Å². The molecule has 0 atom stereocenters. The van der Waals surface area contributed by atoms with Gasteiger partial charge < -0.3 is 9.47 Å². The summed E-state index contributed by atoms with van der Waals surface area (Å²) in [5.41, 5.74) is 2.74. The Morgan fingerprint density at radius 3 is 1.96 bits per heavy atom. The largest absolute Gasteiger partial charge is 0.497 e. The van der Waals surface area contributed by atoms with Gasteiger partial charge in [0.05, 0.1) is 7.11 Å². The number of ether oxygens (including phenoxy) is 2. The van der Waals surface area contributed by atoms with Gasteiger partial charge in [-0.1, -0.05) is 30.7 Å². The average molecular weight is 358 g/mol. The van der Waals surface area contributed by atoms with Crippen molar-refractivity contribution in [2.75, 3.05) is 7.11 Å². The third kappa shape index (κ3) is 8.29. The zero-order valence-corrected chi connectivity index (χ0v) is 16.0. The molecule has 0 aliphatic heterocycles. The van der Waals surface area contributed by atoms with E-state index in [-0.39, 0.29) is 12.2 Å². The van der Waals surface area contributed by atoms with Crippen molar-refractivity contribution in [1.82, 2.24) is 0 Å². The maximum atomic E-state index is 13.9. The van der Waals surface area contributed by atoms with Crippen LogP contribution in [0.15, 0.2) is 67.8 Å². The van der Waals surface area contributed by atoms with Gasteiger partial charge in [-0.15, -0.1) is 19.7 Å². The van der Waals surface area contributed by atoms with Gasteiger partial charge in [-0.05, 0) is 49.2 Å². The molecule has 0 spiro atoms. The van der Waals surface area contributed by atoms with Crippen LogP contribution in [0.25, 0.3) is 11.1 Å². The third-order valence-corrected chi connectivity index (χ3v) is 2.87. The van der Waals surface area contributed by atoms with Crippen LogP contribution in [0, 0.1) is 5.82 Å². The molecule has 0 saturated carbocycles. The van der Waals surface area contributed by atoms with E-state index in [2.05, 4.69) is 19.7 Å². The molecule has 0 unspecified atom stereocenters. The van der Waals surface area contributed by atoms with Crippen LogP contribution >= 0.6 is 0 Å². The van der Waals surface area contributed by atoms with Crippen molar-refractivity contribution < 1.29 is 18.7 Å². The fourth-order valence-corrected chi connectivity index (χ4v) is 1.74. The molecule has 3 nitrogen and oxygen atoms in total. The van der Waals surface area contributed by atoms with Gasteiger partial charge in [0.1, 0.15) is 5.75 Å². The Labute approximate surface area is 155 Å². The van der Waals surface area contributed by atoms with E-state index in [1.807, 2.05) is 26.0 Å². The molecule has 0 aromatic heterocycles. The van der Waals surface area contributed by atoms with Gasteiger partial charge in [0, 0.05) is 6.42 Å². The first-order chi connectivity index (χ1) is 12.4. The number of halogens is 1. The Morgan fingerprint density at radius 2 is 1.54 bits per heavy atom. The number of methoxy groups -OCH3 is 1. The number of carbonyl (C=O) groups is 1. The van der Waals surface area contributed by atoms with Crippen LogP contribution < -0.4 is 9.47 Å². The molecule has 0 heterocycles. The van der Waals surface area contributed by atoms with Gasteiger partial charge in [0.25, 0.3) is 0 Å². The van der Waals surface area contributed by atoms with Crippen LogP contribution in [0.5, 0.6) is 11.5 Å². The van der Waals surface area contributed by atoms with E-state index in [4.69, 9.17) is 9.47 Å². The SMILES string of the molecule is C=C.C=C(C)C.CCC(=O)Oc1ccc(-c2ccc(OC)cc2)cc1F. The van der Waals surface area contributed by atoms with E-state index in [0.717, 1.165) is 11.3 Å². The summed E-state index contributed by atoms with van der Waals surface area (Å²) in [5.74, 6) is -0.321. The lowest BCUT2D eigenvalue weighted by atomic mass is 10.1.